The Labute approximate surface area is 136 Å². The van der Waals surface area contributed by atoms with Gasteiger partial charge >= 0.3 is 0 Å². The van der Waals surface area contributed by atoms with Crippen molar-refractivity contribution in [2.24, 2.45) is 0 Å². The van der Waals surface area contributed by atoms with E-state index in [2.05, 4.69) is 41.4 Å². The first kappa shape index (κ1) is 15.1. The van der Waals surface area contributed by atoms with Gasteiger partial charge in [-0.05, 0) is 42.9 Å². The Morgan fingerprint density at radius 2 is 2.00 bits per heavy atom. The van der Waals surface area contributed by atoms with Crippen molar-refractivity contribution in [2.45, 2.75) is 48.8 Å². The molecule has 0 amide bonds. The van der Waals surface area contributed by atoms with Gasteiger partial charge in [-0.1, -0.05) is 36.8 Å². The summed E-state index contributed by atoms with van der Waals surface area (Å²) < 4.78 is 0. The van der Waals surface area contributed by atoms with E-state index in [0.717, 1.165) is 23.1 Å². The highest BCUT2D eigenvalue weighted by Crippen LogP contribution is 2.39. The van der Waals surface area contributed by atoms with Crippen molar-refractivity contribution in [3.8, 4) is 17.2 Å². The van der Waals surface area contributed by atoms with Crippen LogP contribution in [0.1, 0.15) is 37.7 Å². The number of rotatable bonds is 6. The van der Waals surface area contributed by atoms with Gasteiger partial charge in [-0.25, -0.2) is 4.98 Å². The van der Waals surface area contributed by atoms with Gasteiger partial charge in [0.15, 0.2) is 0 Å². The average molecular weight is 308 g/mol. The summed E-state index contributed by atoms with van der Waals surface area (Å²) in [6, 6.07) is 15.1. The minimum atomic E-state index is 0.631. The van der Waals surface area contributed by atoms with Crippen LogP contribution in [0.5, 0.6) is 0 Å². The number of unbranched alkanes of at least 4 members (excludes halogenated alkanes) is 1. The van der Waals surface area contributed by atoms with E-state index in [1.807, 2.05) is 24.0 Å². The zero-order valence-corrected chi connectivity index (χ0v) is 13.5. The molecular formula is C19H20N2S. The molecule has 2 nitrogen and oxygen atoms in total. The Morgan fingerprint density at radius 1 is 1.18 bits per heavy atom. The molecular weight excluding hydrogens is 288 g/mol. The third-order valence-corrected chi connectivity index (χ3v) is 5.47. The van der Waals surface area contributed by atoms with E-state index in [0.29, 0.717) is 6.42 Å². The largest absolute Gasteiger partial charge is 0.249 e. The third-order valence-electron chi connectivity index (χ3n) is 4.12. The molecule has 1 fully saturated rings. The number of aryl methyl sites for hydroxylation is 1. The minimum Gasteiger partial charge on any atom is -0.249 e. The molecule has 0 spiro atoms. The van der Waals surface area contributed by atoms with E-state index in [1.54, 1.807) is 0 Å². The Balaban J connectivity index is 1.74. The highest BCUT2D eigenvalue weighted by Gasteiger charge is 2.20. The van der Waals surface area contributed by atoms with Crippen LogP contribution in [0, 0.1) is 11.3 Å². The van der Waals surface area contributed by atoms with Crippen molar-refractivity contribution in [3.05, 3.63) is 48.2 Å². The number of nitrogens with zero attached hydrogens (tertiary/aromatic N) is 2. The lowest BCUT2D eigenvalue weighted by Gasteiger charge is -2.24. The summed E-state index contributed by atoms with van der Waals surface area (Å²) in [4.78, 5) is 4.59. The average Bonchev–Trinajstić information content (AvgIpc) is 2.52. The summed E-state index contributed by atoms with van der Waals surface area (Å²) in [5.74, 6) is 0. The number of pyridine rings is 1. The normalized spacial score (nSPS) is 14.3. The van der Waals surface area contributed by atoms with E-state index in [9.17, 15) is 0 Å². The van der Waals surface area contributed by atoms with Crippen LogP contribution in [0.3, 0.4) is 0 Å². The Bertz CT molecular complexity index is 654. The summed E-state index contributed by atoms with van der Waals surface area (Å²) >= 11 is 1.93. The predicted octanol–water partition coefficient (Wildman–Crippen LogP) is 5.24. The monoisotopic (exact) mass is 308 g/mol. The zero-order chi connectivity index (χ0) is 15.2. The van der Waals surface area contributed by atoms with Gasteiger partial charge < -0.3 is 0 Å². The topological polar surface area (TPSA) is 36.7 Å². The summed E-state index contributed by atoms with van der Waals surface area (Å²) in [5.41, 5.74) is 3.78. The van der Waals surface area contributed by atoms with Crippen molar-refractivity contribution < 1.29 is 0 Å². The molecule has 1 heterocycles. The third kappa shape index (κ3) is 3.69. The van der Waals surface area contributed by atoms with E-state index >= 15 is 0 Å². The Hall–Kier alpha value is -1.79. The fourth-order valence-corrected chi connectivity index (χ4v) is 3.89. The second kappa shape index (κ2) is 7.47. The van der Waals surface area contributed by atoms with Gasteiger partial charge in [-0.3, -0.25) is 0 Å². The van der Waals surface area contributed by atoms with Crippen LogP contribution in [0.2, 0.25) is 0 Å². The lowest BCUT2D eigenvalue weighted by Crippen LogP contribution is -2.13. The minimum absolute atomic E-state index is 0.631. The molecule has 1 saturated carbocycles. The second-order valence-electron chi connectivity index (χ2n) is 5.74. The number of aromatic nitrogens is 1. The fraction of sp³-hybridized carbons (Fsp3) is 0.368. The van der Waals surface area contributed by atoms with Crippen molar-refractivity contribution in [1.82, 2.24) is 4.98 Å². The van der Waals surface area contributed by atoms with Crippen molar-refractivity contribution in [2.75, 3.05) is 0 Å². The molecule has 1 aromatic carbocycles. The summed E-state index contributed by atoms with van der Waals surface area (Å²) in [7, 11) is 0. The molecule has 0 radical (unpaired) electrons. The zero-order valence-electron chi connectivity index (χ0n) is 12.7. The van der Waals surface area contributed by atoms with Crippen LogP contribution in [-0.4, -0.2) is 10.2 Å². The maximum absolute atomic E-state index is 8.61. The number of thioether (sulfide) groups is 1. The number of hydrogen-bond donors (Lipinski definition) is 0. The molecule has 3 rings (SSSR count). The first-order valence-electron chi connectivity index (χ1n) is 7.95. The van der Waals surface area contributed by atoms with Gasteiger partial charge in [0.25, 0.3) is 0 Å². The molecule has 2 aromatic rings. The number of nitriles is 1. The van der Waals surface area contributed by atoms with Crippen LogP contribution in [0.15, 0.2) is 47.6 Å². The Morgan fingerprint density at radius 3 is 2.68 bits per heavy atom. The predicted molar refractivity (Wildman–Crippen MR) is 91.7 cm³/mol. The SMILES string of the molecule is N#CCCCc1ccc(-c2cccnc2SC2CCC2)cc1. The molecule has 0 saturated heterocycles. The van der Waals surface area contributed by atoms with Gasteiger partial charge in [-0.2, -0.15) is 5.26 Å². The van der Waals surface area contributed by atoms with Gasteiger partial charge in [0.2, 0.25) is 0 Å². The maximum Gasteiger partial charge on any atom is 0.104 e. The maximum atomic E-state index is 8.61. The highest BCUT2D eigenvalue weighted by molar-refractivity contribution is 8.00. The lowest BCUT2D eigenvalue weighted by atomic mass is 10.00. The molecule has 0 unspecified atom stereocenters. The standard InChI is InChI=1S/C19H20N2S/c20-13-2-1-5-15-9-11-16(12-10-15)18-8-4-14-21-19(18)22-17-6-3-7-17/h4,8-12,14,17H,1-3,5-7H2. The molecule has 1 aliphatic carbocycles. The molecule has 0 bridgehead atoms. The smallest absolute Gasteiger partial charge is 0.104 e. The van der Waals surface area contributed by atoms with Gasteiger partial charge in [0, 0.05) is 23.4 Å². The summed E-state index contributed by atoms with van der Waals surface area (Å²) in [5, 5.41) is 10.5. The molecule has 0 aliphatic heterocycles. The molecule has 112 valence electrons. The van der Waals surface area contributed by atoms with Gasteiger partial charge in [0.05, 0.1) is 6.07 Å². The number of benzene rings is 1. The van der Waals surface area contributed by atoms with Crippen LogP contribution in [0.25, 0.3) is 11.1 Å². The van der Waals surface area contributed by atoms with Gasteiger partial charge in [-0.15, -0.1) is 11.8 Å². The van der Waals surface area contributed by atoms with Crippen molar-refractivity contribution in [3.63, 3.8) is 0 Å². The first-order valence-corrected chi connectivity index (χ1v) is 8.83. The lowest BCUT2D eigenvalue weighted by molar-refractivity contribution is 0.521. The van der Waals surface area contributed by atoms with E-state index in [1.165, 1.54) is 36.0 Å². The quantitative estimate of drug-likeness (QED) is 0.685. The molecule has 22 heavy (non-hydrogen) atoms. The van der Waals surface area contributed by atoms with E-state index in [-0.39, 0.29) is 0 Å². The van der Waals surface area contributed by atoms with Crippen LogP contribution >= 0.6 is 11.8 Å². The summed E-state index contributed by atoms with van der Waals surface area (Å²) in [6.45, 7) is 0. The molecule has 0 N–H and O–H groups in total. The van der Waals surface area contributed by atoms with Crippen molar-refractivity contribution in [1.29, 1.82) is 5.26 Å². The summed E-state index contributed by atoms with van der Waals surface area (Å²) in [6.07, 6.45) is 8.43. The number of hydrogen-bond acceptors (Lipinski definition) is 3. The van der Waals surface area contributed by atoms with Crippen molar-refractivity contribution >= 4 is 11.8 Å². The highest BCUT2D eigenvalue weighted by atomic mass is 32.2. The van der Waals surface area contributed by atoms with E-state index in [4.69, 9.17) is 5.26 Å². The van der Waals surface area contributed by atoms with Crippen LogP contribution < -0.4 is 0 Å². The van der Waals surface area contributed by atoms with Crippen LogP contribution in [0.4, 0.5) is 0 Å². The Kier molecular flexibility index (Phi) is 5.13. The molecule has 3 heteroatoms. The molecule has 0 atom stereocenters. The van der Waals surface area contributed by atoms with E-state index < -0.39 is 0 Å². The molecule has 1 aromatic heterocycles. The van der Waals surface area contributed by atoms with Gasteiger partial charge in [0.1, 0.15) is 5.03 Å². The van der Waals surface area contributed by atoms with Crippen LogP contribution in [-0.2, 0) is 6.42 Å². The second-order valence-corrected chi connectivity index (χ2v) is 7.02. The molecule has 1 aliphatic rings. The fourth-order valence-electron chi connectivity index (χ4n) is 2.57. The first-order chi connectivity index (χ1) is 10.9.